The summed E-state index contributed by atoms with van der Waals surface area (Å²) in [6.07, 6.45) is 0.0996. The lowest BCUT2D eigenvalue weighted by molar-refractivity contribution is -0.137. The molecule has 0 radical (unpaired) electrons. The number of anilines is 2. The van der Waals surface area contributed by atoms with Gasteiger partial charge in [-0.25, -0.2) is 14.2 Å². The molecule has 5 nitrogen and oxygen atoms in total. The molecule has 1 N–H and O–H groups in total. The average molecular weight is 430 g/mol. The van der Waals surface area contributed by atoms with Gasteiger partial charge in [0.2, 0.25) is 0 Å². The van der Waals surface area contributed by atoms with Gasteiger partial charge in [-0.1, -0.05) is 18.2 Å². The van der Waals surface area contributed by atoms with Crippen LogP contribution in [0.25, 0.3) is 11.3 Å². The Kier molecular flexibility index (Phi) is 5.58. The highest BCUT2D eigenvalue weighted by Crippen LogP contribution is 2.33. The van der Waals surface area contributed by atoms with E-state index < -0.39 is 23.6 Å². The summed E-state index contributed by atoms with van der Waals surface area (Å²) in [5.41, 5.74) is 0.630. The van der Waals surface area contributed by atoms with Crippen LogP contribution < -0.4 is 10.2 Å². The van der Waals surface area contributed by atoms with Crippen LogP contribution >= 0.6 is 0 Å². The zero-order valence-corrected chi connectivity index (χ0v) is 16.3. The maximum atomic E-state index is 13.9. The number of alkyl halides is 3. The van der Waals surface area contributed by atoms with E-state index in [0.717, 1.165) is 30.3 Å². The zero-order valence-electron chi connectivity index (χ0n) is 16.3. The molecule has 0 saturated heterocycles. The van der Waals surface area contributed by atoms with Crippen LogP contribution in [0.1, 0.15) is 24.0 Å². The largest absolute Gasteiger partial charge is 0.416 e. The number of nitrogens with one attached hydrogen (secondary N) is 1. The summed E-state index contributed by atoms with van der Waals surface area (Å²) in [7, 11) is 0. The standard InChI is InChI=1S/C22H18F4N4O/c23-17-13-27-10-9-19(17)29-21(31)30-11-2-1-4-14-7-8-18(28-20(14)30)15-5-3-6-16(12-15)22(24,25)26/h3,5-10,12-13H,1-2,4,11H2,(H,27,29,31). The first kappa shape index (κ1) is 20.8. The predicted octanol–water partition coefficient (Wildman–Crippen LogP) is 5.68. The van der Waals surface area contributed by atoms with Gasteiger partial charge in [-0.15, -0.1) is 0 Å². The minimum absolute atomic E-state index is 0.0140. The van der Waals surface area contributed by atoms with Crippen LogP contribution in [0.15, 0.2) is 54.9 Å². The van der Waals surface area contributed by atoms with Crippen molar-refractivity contribution in [3.05, 3.63) is 71.8 Å². The van der Waals surface area contributed by atoms with Crippen molar-refractivity contribution in [1.82, 2.24) is 9.97 Å². The Morgan fingerprint density at radius 2 is 1.94 bits per heavy atom. The number of aromatic nitrogens is 2. The third-order valence-corrected chi connectivity index (χ3v) is 5.03. The number of hydrogen-bond acceptors (Lipinski definition) is 3. The third kappa shape index (κ3) is 4.50. The normalized spacial score (nSPS) is 14.0. The van der Waals surface area contributed by atoms with Gasteiger partial charge in [0.15, 0.2) is 5.82 Å². The van der Waals surface area contributed by atoms with E-state index in [4.69, 9.17) is 0 Å². The van der Waals surface area contributed by atoms with E-state index in [9.17, 15) is 22.4 Å². The molecule has 0 aliphatic carbocycles. The molecule has 2 amide bonds. The maximum Gasteiger partial charge on any atom is 0.416 e. The summed E-state index contributed by atoms with van der Waals surface area (Å²) >= 11 is 0. The van der Waals surface area contributed by atoms with E-state index in [-0.39, 0.29) is 5.69 Å². The van der Waals surface area contributed by atoms with Gasteiger partial charge >= 0.3 is 12.2 Å². The summed E-state index contributed by atoms with van der Waals surface area (Å²) < 4.78 is 53.2. The number of pyridine rings is 2. The lowest BCUT2D eigenvalue weighted by Gasteiger charge is -2.23. The first-order valence-corrected chi connectivity index (χ1v) is 9.68. The number of fused-ring (bicyclic) bond motifs is 1. The van der Waals surface area contributed by atoms with E-state index in [2.05, 4.69) is 15.3 Å². The Balaban J connectivity index is 1.70. The molecular weight excluding hydrogens is 412 g/mol. The maximum absolute atomic E-state index is 13.9. The Morgan fingerprint density at radius 1 is 1.10 bits per heavy atom. The monoisotopic (exact) mass is 430 g/mol. The van der Waals surface area contributed by atoms with Gasteiger partial charge in [-0.05, 0) is 49.1 Å². The van der Waals surface area contributed by atoms with Crippen molar-refractivity contribution in [1.29, 1.82) is 0 Å². The number of hydrogen-bond donors (Lipinski definition) is 1. The third-order valence-electron chi connectivity index (χ3n) is 5.03. The molecule has 9 heteroatoms. The molecule has 1 aliphatic heterocycles. The molecule has 2 aromatic heterocycles. The second kappa shape index (κ2) is 8.33. The Hall–Kier alpha value is -3.49. The van der Waals surface area contributed by atoms with Crippen LogP contribution in [0, 0.1) is 5.82 Å². The fraction of sp³-hybridized carbons (Fsp3) is 0.227. The Bertz CT molecular complexity index is 1120. The first-order chi connectivity index (χ1) is 14.8. The summed E-state index contributed by atoms with van der Waals surface area (Å²) in [4.78, 5) is 22.5. The molecule has 3 heterocycles. The molecule has 4 rings (SSSR count). The summed E-state index contributed by atoms with van der Waals surface area (Å²) in [6.45, 7) is 0.352. The highest BCUT2D eigenvalue weighted by atomic mass is 19.4. The van der Waals surface area contributed by atoms with Crippen LogP contribution in [-0.4, -0.2) is 22.5 Å². The molecular formula is C22H18F4N4O. The highest BCUT2D eigenvalue weighted by Gasteiger charge is 2.31. The van der Waals surface area contributed by atoms with Crippen molar-refractivity contribution < 1.29 is 22.4 Å². The number of carbonyl (C=O) groups excluding carboxylic acids is 1. The smallest absolute Gasteiger partial charge is 0.305 e. The van der Waals surface area contributed by atoms with Gasteiger partial charge in [0.05, 0.1) is 23.1 Å². The topological polar surface area (TPSA) is 58.1 Å². The summed E-state index contributed by atoms with van der Waals surface area (Å²) in [6, 6.07) is 9.09. The van der Waals surface area contributed by atoms with Crippen LogP contribution in [-0.2, 0) is 12.6 Å². The second-order valence-electron chi connectivity index (χ2n) is 7.15. The fourth-order valence-electron chi connectivity index (χ4n) is 3.47. The molecule has 0 spiro atoms. The number of aryl methyl sites for hydroxylation is 1. The van der Waals surface area contributed by atoms with E-state index >= 15 is 0 Å². The van der Waals surface area contributed by atoms with Crippen molar-refractivity contribution in [3.8, 4) is 11.3 Å². The molecule has 0 unspecified atom stereocenters. The molecule has 0 fully saturated rings. The van der Waals surface area contributed by atoms with Crippen LogP contribution in [0.5, 0.6) is 0 Å². The lowest BCUT2D eigenvalue weighted by atomic mass is 10.0. The molecule has 1 aliphatic rings. The summed E-state index contributed by atoms with van der Waals surface area (Å²) in [5, 5.41) is 2.52. The van der Waals surface area contributed by atoms with E-state index in [0.29, 0.717) is 36.5 Å². The molecule has 0 saturated carbocycles. The number of carbonyl (C=O) groups is 1. The lowest BCUT2D eigenvalue weighted by Crippen LogP contribution is -2.36. The van der Waals surface area contributed by atoms with Gasteiger partial charge in [0.1, 0.15) is 5.82 Å². The van der Waals surface area contributed by atoms with E-state index in [1.54, 1.807) is 12.1 Å². The van der Waals surface area contributed by atoms with Gasteiger partial charge in [0, 0.05) is 18.3 Å². The highest BCUT2D eigenvalue weighted by molar-refractivity contribution is 6.01. The number of nitrogens with zero attached hydrogens (tertiary/aromatic N) is 3. The van der Waals surface area contributed by atoms with Crippen molar-refractivity contribution in [3.63, 3.8) is 0 Å². The Labute approximate surface area is 175 Å². The minimum atomic E-state index is -4.47. The number of benzene rings is 1. The van der Waals surface area contributed by atoms with Crippen molar-refractivity contribution in [2.45, 2.75) is 25.4 Å². The van der Waals surface area contributed by atoms with Gasteiger partial charge in [-0.2, -0.15) is 13.2 Å². The van der Waals surface area contributed by atoms with Crippen molar-refractivity contribution in [2.75, 3.05) is 16.8 Å². The molecule has 1 aromatic carbocycles. The number of halogens is 4. The molecule has 3 aromatic rings. The number of urea groups is 1. The predicted molar refractivity (Wildman–Crippen MR) is 108 cm³/mol. The zero-order chi connectivity index (χ0) is 22.0. The molecule has 160 valence electrons. The Morgan fingerprint density at radius 3 is 2.71 bits per heavy atom. The van der Waals surface area contributed by atoms with E-state index in [1.807, 2.05) is 0 Å². The minimum Gasteiger partial charge on any atom is -0.305 e. The van der Waals surface area contributed by atoms with Gasteiger partial charge in [-0.3, -0.25) is 9.88 Å². The quantitative estimate of drug-likeness (QED) is 0.533. The van der Waals surface area contributed by atoms with Crippen molar-refractivity contribution in [2.24, 2.45) is 0 Å². The van der Waals surface area contributed by atoms with Crippen LogP contribution in [0.3, 0.4) is 0 Å². The molecule has 0 bridgehead atoms. The van der Waals surface area contributed by atoms with E-state index in [1.165, 1.54) is 29.3 Å². The number of amides is 2. The first-order valence-electron chi connectivity index (χ1n) is 9.68. The SMILES string of the molecule is O=C(Nc1ccncc1F)N1CCCCc2ccc(-c3cccc(C(F)(F)F)c3)nc21. The average Bonchev–Trinajstić information content (AvgIpc) is 2.97. The van der Waals surface area contributed by atoms with Crippen LogP contribution in [0.2, 0.25) is 0 Å². The van der Waals surface area contributed by atoms with Gasteiger partial charge in [0.25, 0.3) is 0 Å². The second-order valence-corrected chi connectivity index (χ2v) is 7.15. The summed E-state index contributed by atoms with van der Waals surface area (Å²) in [5.74, 6) is -0.309. The molecule has 0 atom stereocenters. The fourth-order valence-corrected chi connectivity index (χ4v) is 3.47. The van der Waals surface area contributed by atoms with Gasteiger partial charge < -0.3 is 5.32 Å². The molecule has 31 heavy (non-hydrogen) atoms. The van der Waals surface area contributed by atoms with Crippen LogP contribution in [0.4, 0.5) is 33.9 Å². The number of rotatable bonds is 2. The van der Waals surface area contributed by atoms with Crippen molar-refractivity contribution >= 4 is 17.5 Å².